The molecule has 108 valence electrons. The topological polar surface area (TPSA) is 72.9 Å². The molecule has 1 aliphatic heterocycles. The van der Waals surface area contributed by atoms with Crippen molar-refractivity contribution in [2.75, 3.05) is 25.9 Å². The fourth-order valence-electron chi connectivity index (χ4n) is 2.27. The molecule has 19 heavy (non-hydrogen) atoms. The molecule has 1 aliphatic carbocycles. The van der Waals surface area contributed by atoms with Gasteiger partial charge in [0.15, 0.2) is 0 Å². The molecule has 2 unspecified atom stereocenters. The van der Waals surface area contributed by atoms with Crippen molar-refractivity contribution in [3.63, 3.8) is 0 Å². The summed E-state index contributed by atoms with van der Waals surface area (Å²) in [6.45, 7) is 3.24. The number of aliphatic carboxylic acids is 1. The third-order valence-corrected chi connectivity index (χ3v) is 4.87. The second-order valence-electron chi connectivity index (χ2n) is 5.14. The Kier molecular flexibility index (Phi) is 4.57. The Bertz CT molecular complexity index is 362. The number of thioether (sulfide) groups is 1. The van der Waals surface area contributed by atoms with Crippen molar-refractivity contribution in [1.29, 1.82) is 0 Å². The summed E-state index contributed by atoms with van der Waals surface area (Å²) in [7, 11) is 2.05. The summed E-state index contributed by atoms with van der Waals surface area (Å²) in [5, 5.41) is 11.8. The highest BCUT2D eigenvalue weighted by molar-refractivity contribution is 8.00. The first-order chi connectivity index (χ1) is 9.00. The zero-order valence-electron chi connectivity index (χ0n) is 11.3. The van der Waals surface area contributed by atoms with Gasteiger partial charge < -0.3 is 15.3 Å². The Balaban J connectivity index is 1.78. The Morgan fingerprint density at radius 1 is 1.47 bits per heavy atom. The molecule has 0 bridgehead atoms. The lowest BCUT2D eigenvalue weighted by Gasteiger charge is -2.26. The van der Waals surface area contributed by atoms with Crippen molar-refractivity contribution in [3.8, 4) is 0 Å². The molecule has 2 fully saturated rings. The summed E-state index contributed by atoms with van der Waals surface area (Å²) in [5.41, 5.74) is 0. The predicted molar refractivity (Wildman–Crippen MR) is 74.2 cm³/mol. The largest absolute Gasteiger partial charge is 0.480 e. The molecule has 1 heterocycles. The number of carboxylic acids is 1. The van der Waals surface area contributed by atoms with E-state index >= 15 is 0 Å². The highest BCUT2D eigenvalue weighted by Gasteiger charge is 2.39. The maximum absolute atomic E-state index is 12.1. The number of nitrogens with one attached hydrogen (secondary N) is 1. The number of amides is 2. The lowest BCUT2D eigenvalue weighted by atomic mass is 10.3. The van der Waals surface area contributed by atoms with Gasteiger partial charge in [-0.3, -0.25) is 4.90 Å². The van der Waals surface area contributed by atoms with Crippen LogP contribution in [0.3, 0.4) is 0 Å². The summed E-state index contributed by atoms with van der Waals surface area (Å²) in [6.07, 6.45) is 2.48. The molecule has 0 spiro atoms. The van der Waals surface area contributed by atoms with E-state index in [4.69, 9.17) is 5.11 Å². The highest BCUT2D eigenvalue weighted by Crippen LogP contribution is 2.28. The van der Waals surface area contributed by atoms with E-state index in [2.05, 4.69) is 17.3 Å². The summed E-state index contributed by atoms with van der Waals surface area (Å²) >= 11 is 1.50. The minimum Gasteiger partial charge on any atom is -0.480 e. The van der Waals surface area contributed by atoms with Gasteiger partial charge in [0.1, 0.15) is 6.04 Å². The molecule has 0 aromatic rings. The van der Waals surface area contributed by atoms with Crippen molar-refractivity contribution in [1.82, 2.24) is 15.1 Å². The fraction of sp³-hybridized carbons (Fsp3) is 0.833. The van der Waals surface area contributed by atoms with E-state index in [0.29, 0.717) is 18.3 Å². The van der Waals surface area contributed by atoms with E-state index in [1.807, 2.05) is 6.92 Å². The molecule has 2 amide bonds. The zero-order valence-corrected chi connectivity index (χ0v) is 12.2. The number of hydrogen-bond acceptors (Lipinski definition) is 4. The Hall–Kier alpha value is -0.950. The minimum atomic E-state index is -0.929. The average Bonchev–Trinajstić information content (AvgIpc) is 3.12. The van der Waals surface area contributed by atoms with E-state index in [1.165, 1.54) is 29.5 Å². The average molecular weight is 287 g/mol. The Labute approximate surface area is 117 Å². The summed E-state index contributed by atoms with van der Waals surface area (Å²) < 4.78 is 0. The summed E-state index contributed by atoms with van der Waals surface area (Å²) in [4.78, 5) is 26.8. The van der Waals surface area contributed by atoms with E-state index in [0.717, 1.165) is 6.54 Å². The van der Waals surface area contributed by atoms with Crippen molar-refractivity contribution in [2.45, 2.75) is 37.2 Å². The predicted octanol–water partition coefficient (Wildman–Crippen LogP) is 0.638. The van der Waals surface area contributed by atoms with Crippen LogP contribution in [0, 0.1) is 0 Å². The molecule has 0 radical (unpaired) electrons. The van der Waals surface area contributed by atoms with Crippen LogP contribution in [0.5, 0.6) is 0 Å². The number of rotatable bonds is 5. The van der Waals surface area contributed by atoms with Crippen LogP contribution in [0.2, 0.25) is 0 Å². The monoisotopic (exact) mass is 287 g/mol. The third-order valence-electron chi connectivity index (χ3n) is 3.65. The van der Waals surface area contributed by atoms with Crippen LogP contribution in [-0.4, -0.2) is 70.3 Å². The molecule has 2 rings (SSSR count). The maximum atomic E-state index is 12.1. The number of likely N-dealkylation sites (N-methyl/N-ethyl adjacent to an activating group) is 1. The van der Waals surface area contributed by atoms with Crippen LogP contribution in [0.25, 0.3) is 0 Å². The van der Waals surface area contributed by atoms with Gasteiger partial charge in [-0.15, -0.1) is 11.8 Å². The van der Waals surface area contributed by atoms with Gasteiger partial charge in [0, 0.05) is 24.9 Å². The van der Waals surface area contributed by atoms with Crippen molar-refractivity contribution in [2.24, 2.45) is 0 Å². The molecule has 6 nitrogen and oxygen atoms in total. The minimum absolute atomic E-state index is 0.0812. The second-order valence-corrected chi connectivity index (χ2v) is 6.49. The number of carbonyl (C=O) groups excluding carboxylic acids is 1. The number of carbonyl (C=O) groups is 2. The Morgan fingerprint density at radius 3 is 2.74 bits per heavy atom. The maximum Gasteiger partial charge on any atom is 0.327 e. The molecule has 0 aromatic heterocycles. The molecular weight excluding hydrogens is 266 g/mol. The van der Waals surface area contributed by atoms with E-state index in [-0.39, 0.29) is 11.4 Å². The number of carboxylic acid groups (broad SMARTS) is 1. The molecule has 1 saturated heterocycles. The highest BCUT2D eigenvalue weighted by atomic mass is 32.2. The first kappa shape index (κ1) is 14.5. The summed E-state index contributed by atoms with van der Waals surface area (Å²) in [6, 6.07) is -0.305. The fourth-order valence-corrected chi connectivity index (χ4v) is 3.44. The molecule has 2 aliphatic rings. The molecule has 2 atom stereocenters. The van der Waals surface area contributed by atoms with Crippen molar-refractivity contribution >= 4 is 23.8 Å². The van der Waals surface area contributed by atoms with Crippen LogP contribution < -0.4 is 5.32 Å². The van der Waals surface area contributed by atoms with Gasteiger partial charge >= 0.3 is 12.0 Å². The zero-order chi connectivity index (χ0) is 14.0. The SMILES string of the molecule is CC1SCC(C(=O)O)N1C(=O)NCCN(C)C1CC1. The molecule has 2 N–H and O–H groups in total. The lowest BCUT2D eigenvalue weighted by Crippen LogP contribution is -2.50. The van der Waals surface area contributed by atoms with Gasteiger partial charge in [-0.2, -0.15) is 0 Å². The van der Waals surface area contributed by atoms with E-state index in [1.54, 1.807) is 0 Å². The molecule has 1 saturated carbocycles. The molecule has 0 aromatic carbocycles. The molecule has 7 heteroatoms. The first-order valence-corrected chi connectivity index (χ1v) is 7.66. The van der Waals surface area contributed by atoms with Gasteiger partial charge in [0.05, 0.1) is 5.37 Å². The van der Waals surface area contributed by atoms with E-state index in [9.17, 15) is 9.59 Å². The smallest absolute Gasteiger partial charge is 0.327 e. The van der Waals surface area contributed by atoms with Gasteiger partial charge in [0.2, 0.25) is 0 Å². The van der Waals surface area contributed by atoms with Gasteiger partial charge in [-0.05, 0) is 26.8 Å². The Morgan fingerprint density at radius 2 is 2.16 bits per heavy atom. The van der Waals surface area contributed by atoms with E-state index < -0.39 is 12.0 Å². The number of hydrogen-bond donors (Lipinski definition) is 2. The number of nitrogens with zero attached hydrogens (tertiary/aromatic N) is 2. The van der Waals surface area contributed by atoms with Gasteiger partial charge in [-0.1, -0.05) is 0 Å². The van der Waals surface area contributed by atoms with Crippen LogP contribution in [0.15, 0.2) is 0 Å². The number of urea groups is 1. The standard InChI is InChI=1S/C12H21N3O3S/c1-8-15(10(7-19-8)11(16)17)12(18)13-5-6-14(2)9-3-4-9/h8-10H,3-7H2,1-2H3,(H,13,18)(H,16,17). The third kappa shape index (κ3) is 3.54. The van der Waals surface area contributed by atoms with Crippen molar-refractivity contribution < 1.29 is 14.7 Å². The normalized spacial score (nSPS) is 26.8. The van der Waals surface area contributed by atoms with Crippen LogP contribution >= 0.6 is 11.8 Å². The van der Waals surface area contributed by atoms with Crippen LogP contribution in [0.1, 0.15) is 19.8 Å². The van der Waals surface area contributed by atoms with Gasteiger partial charge in [-0.25, -0.2) is 9.59 Å². The lowest BCUT2D eigenvalue weighted by molar-refractivity contribution is -0.141. The molecular formula is C12H21N3O3S. The summed E-state index contributed by atoms with van der Waals surface area (Å²) in [5.74, 6) is -0.464. The van der Waals surface area contributed by atoms with Crippen LogP contribution in [0.4, 0.5) is 4.79 Å². The first-order valence-electron chi connectivity index (χ1n) is 6.61. The van der Waals surface area contributed by atoms with Crippen molar-refractivity contribution in [3.05, 3.63) is 0 Å². The van der Waals surface area contributed by atoms with Crippen LogP contribution in [-0.2, 0) is 4.79 Å². The quantitative estimate of drug-likeness (QED) is 0.776. The van der Waals surface area contributed by atoms with Gasteiger partial charge in [0.25, 0.3) is 0 Å². The second kappa shape index (κ2) is 6.00.